The van der Waals surface area contributed by atoms with E-state index in [1.807, 2.05) is 0 Å². The van der Waals surface area contributed by atoms with Crippen molar-refractivity contribution in [3.05, 3.63) is 48.3 Å². The number of nitrogens with zero attached hydrogens (tertiary/aromatic N) is 4. The smallest absolute Gasteiger partial charge is 0.149 e. The zero-order valence-corrected chi connectivity index (χ0v) is 12.2. The van der Waals surface area contributed by atoms with Gasteiger partial charge in [-0.1, -0.05) is 30.3 Å². The second-order valence-corrected chi connectivity index (χ2v) is 5.37. The highest BCUT2D eigenvalue weighted by atomic mass is 15.3. The van der Waals surface area contributed by atoms with Crippen LogP contribution in [0, 0.1) is 0 Å². The van der Waals surface area contributed by atoms with Gasteiger partial charge < -0.3 is 10.6 Å². The van der Waals surface area contributed by atoms with Gasteiger partial charge in [-0.2, -0.15) is 0 Å². The summed E-state index contributed by atoms with van der Waals surface area (Å²) in [6, 6.07) is 10.7. The molecule has 1 fully saturated rings. The Labute approximate surface area is 125 Å². The summed E-state index contributed by atoms with van der Waals surface area (Å²) < 4.78 is 0. The highest BCUT2D eigenvalue weighted by Crippen LogP contribution is 2.13. The maximum absolute atomic E-state index is 5.69. The molecule has 2 heterocycles. The van der Waals surface area contributed by atoms with Crippen LogP contribution < -0.4 is 10.6 Å². The monoisotopic (exact) mass is 283 g/mol. The van der Waals surface area contributed by atoms with E-state index in [0.717, 1.165) is 45.0 Å². The van der Waals surface area contributed by atoms with Gasteiger partial charge in [-0.15, -0.1) is 0 Å². The first-order valence-corrected chi connectivity index (χ1v) is 7.40. The molecule has 21 heavy (non-hydrogen) atoms. The quantitative estimate of drug-likeness (QED) is 0.919. The SMILES string of the molecule is Nc1cncc(N2CCN(CCc3ccccc3)CC2)n1. The van der Waals surface area contributed by atoms with E-state index in [-0.39, 0.29) is 0 Å². The third kappa shape index (κ3) is 3.70. The van der Waals surface area contributed by atoms with Crippen molar-refractivity contribution >= 4 is 11.6 Å². The summed E-state index contributed by atoms with van der Waals surface area (Å²) in [6.45, 7) is 5.19. The molecule has 0 aliphatic carbocycles. The van der Waals surface area contributed by atoms with Gasteiger partial charge in [-0.25, -0.2) is 4.98 Å². The van der Waals surface area contributed by atoms with Gasteiger partial charge in [-0.3, -0.25) is 9.88 Å². The van der Waals surface area contributed by atoms with E-state index in [0.29, 0.717) is 5.82 Å². The maximum Gasteiger partial charge on any atom is 0.149 e. The van der Waals surface area contributed by atoms with Crippen LogP contribution in [0.4, 0.5) is 11.6 Å². The Kier molecular flexibility index (Phi) is 4.31. The maximum atomic E-state index is 5.69. The molecule has 1 aliphatic rings. The molecule has 5 nitrogen and oxygen atoms in total. The lowest BCUT2D eigenvalue weighted by atomic mass is 10.1. The lowest BCUT2D eigenvalue weighted by molar-refractivity contribution is 0.260. The predicted octanol–water partition coefficient (Wildman–Crippen LogP) is 1.42. The van der Waals surface area contributed by atoms with Gasteiger partial charge in [0, 0.05) is 32.7 Å². The van der Waals surface area contributed by atoms with Crippen LogP contribution in [-0.4, -0.2) is 47.6 Å². The molecule has 2 aromatic rings. The average Bonchev–Trinajstić information content (AvgIpc) is 2.54. The minimum absolute atomic E-state index is 0.485. The van der Waals surface area contributed by atoms with Gasteiger partial charge in [-0.05, 0) is 12.0 Å². The molecular formula is C16H21N5. The molecule has 2 N–H and O–H groups in total. The number of hydrogen-bond acceptors (Lipinski definition) is 5. The molecule has 0 amide bonds. The number of aromatic nitrogens is 2. The van der Waals surface area contributed by atoms with E-state index >= 15 is 0 Å². The van der Waals surface area contributed by atoms with Gasteiger partial charge in [0.2, 0.25) is 0 Å². The molecule has 5 heteroatoms. The first-order chi connectivity index (χ1) is 10.3. The Morgan fingerprint density at radius 3 is 2.48 bits per heavy atom. The number of hydrogen-bond donors (Lipinski definition) is 1. The predicted molar refractivity (Wildman–Crippen MR) is 85.2 cm³/mol. The normalized spacial score (nSPS) is 16.1. The number of anilines is 2. The van der Waals surface area contributed by atoms with Crippen LogP contribution in [0.2, 0.25) is 0 Å². The Morgan fingerprint density at radius 1 is 1.00 bits per heavy atom. The van der Waals surface area contributed by atoms with E-state index in [4.69, 9.17) is 5.73 Å². The number of benzene rings is 1. The zero-order valence-electron chi connectivity index (χ0n) is 12.2. The molecule has 0 atom stereocenters. The fraction of sp³-hybridized carbons (Fsp3) is 0.375. The molecule has 1 saturated heterocycles. The standard InChI is InChI=1S/C16H21N5/c17-15-12-18-13-16(19-15)21-10-8-20(9-11-21)7-6-14-4-2-1-3-5-14/h1-5,12-13H,6-11H2,(H2,17,19). The molecule has 1 aliphatic heterocycles. The van der Waals surface area contributed by atoms with Crippen LogP contribution in [0.5, 0.6) is 0 Å². The van der Waals surface area contributed by atoms with Crippen LogP contribution in [0.15, 0.2) is 42.7 Å². The van der Waals surface area contributed by atoms with Gasteiger partial charge in [0.25, 0.3) is 0 Å². The second-order valence-electron chi connectivity index (χ2n) is 5.37. The molecule has 3 rings (SSSR count). The first-order valence-electron chi connectivity index (χ1n) is 7.40. The Morgan fingerprint density at radius 2 is 1.76 bits per heavy atom. The molecule has 0 saturated carbocycles. The molecule has 0 radical (unpaired) electrons. The molecular weight excluding hydrogens is 262 g/mol. The van der Waals surface area contributed by atoms with Crippen LogP contribution >= 0.6 is 0 Å². The van der Waals surface area contributed by atoms with Crippen LogP contribution in [0.3, 0.4) is 0 Å². The van der Waals surface area contributed by atoms with Gasteiger partial charge in [0.1, 0.15) is 11.6 Å². The highest BCUT2D eigenvalue weighted by Gasteiger charge is 2.18. The molecule has 0 bridgehead atoms. The van der Waals surface area contributed by atoms with Gasteiger partial charge in [0.05, 0.1) is 12.4 Å². The number of piperazine rings is 1. The van der Waals surface area contributed by atoms with Crippen molar-refractivity contribution in [3.8, 4) is 0 Å². The van der Waals surface area contributed by atoms with E-state index < -0.39 is 0 Å². The van der Waals surface area contributed by atoms with Gasteiger partial charge >= 0.3 is 0 Å². The Hall–Kier alpha value is -2.14. The Bertz CT molecular complexity index is 564. The summed E-state index contributed by atoms with van der Waals surface area (Å²) >= 11 is 0. The first kappa shape index (κ1) is 13.8. The Balaban J connectivity index is 1.49. The van der Waals surface area contributed by atoms with E-state index in [1.54, 1.807) is 12.4 Å². The topological polar surface area (TPSA) is 58.3 Å². The second kappa shape index (κ2) is 6.54. The molecule has 1 aromatic carbocycles. The molecule has 0 unspecified atom stereocenters. The summed E-state index contributed by atoms with van der Waals surface area (Å²) in [5, 5.41) is 0. The van der Waals surface area contributed by atoms with Crippen LogP contribution in [0.25, 0.3) is 0 Å². The third-order valence-corrected chi connectivity index (χ3v) is 3.90. The molecule has 110 valence electrons. The van der Waals surface area contributed by atoms with E-state index in [1.165, 1.54) is 5.56 Å². The lowest BCUT2D eigenvalue weighted by Crippen LogP contribution is -2.47. The molecule has 1 aromatic heterocycles. The average molecular weight is 283 g/mol. The van der Waals surface area contributed by atoms with E-state index in [2.05, 4.69) is 50.1 Å². The van der Waals surface area contributed by atoms with Crippen molar-refractivity contribution in [1.29, 1.82) is 0 Å². The fourth-order valence-corrected chi connectivity index (χ4v) is 2.66. The van der Waals surface area contributed by atoms with Crippen molar-refractivity contribution in [3.63, 3.8) is 0 Å². The summed E-state index contributed by atoms with van der Waals surface area (Å²) in [5.74, 6) is 1.37. The summed E-state index contributed by atoms with van der Waals surface area (Å²) in [6.07, 6.45) is 4.48. The van der Waals surface area contributed by atoms with Gasteiger partial charge in [0.15, 0.2) is 0 Å². The summed E-state index contributed by atoms with van der Waals surface area (Å²) in [5.41, 5.74) is 7.10. The third-order valence-electron chi connectivity index (χ3n) is 3.90. The van der Waals surface area contributed by atoms with Crippen molar-refractivity contribution in [2.45, 2.75) is 6.42 Å². The van der Waals surface area contributed by atoms with Crippen molar-refractivity contribution in [1.82, 2.24) is 14.9 Å². The van der Waals surface area contributed by atoms with Crippen molar-refractivity contribution in [2.24, 2.45) is 0 Å². The lowest BCUT2D eigenvalue weighted by Gasteiger charge is -2.35. The number of rotatable bonds is 4. The van der Waals surface area contributed by atoms with Crippen LogP contribution in [-0.2, 0) is 6.42 Å². The minimum Gasteiger partial charge on any atom is -0.382 e. The molecule has 0 spiro atoms. The largest absolute Gasteiger partial charge is 0.382 e. The minimum atomic E-state index is 0.485. The van der Waals surface area contributed by atoms with Crippen LogP contribution in [0.1, 0.15) is 5.56 Å². The fourth-order valence-electron chi connectivity index (χ4n) is 2.66. The highest BCUT2D eigenvalue weighted by molar-refractivity contribution is 5.41. The van der Waals surface area contributed by atoms with Crippen molar-refractivity contribution in [2.75, 3.05) is 43.4 Å². The van der Waals surface area contributed by atoms with E-state index in [9.17, 15) is 0 Å². The number of nitrogens with two attached hydrogens (primary N) is 1. The van der Waals surface area contributed by atoms with Crippen molar-refractivity contribution < 1.29 is 0 Å². The summed E-state index contributed by atoms with van der Waals surface area (Å²) in [7, 11) is 0. The number of nitrogen functional groups attached to an aromatic ring is 1. The summed E-state index contributed by atoms with van der Waals surface area (Å²) in [4.78, 5) is 13.2. The zero-order chi connectivity index (χ0) is 14.5.